The Morgan fingerprint density at radius 1 is 1.22 bits per heavy atom. The lowest BCUT2D eigenvalue weighted by molar-refractivity contribution is 0.240. The van der Waals surface area contributed by atoms with Gasteiger partial charge in [0.25, 0.3) is 0 Å². The first-order chi connectivity index (χ1) is 12.8. The van der Waals surface area contributed by atoms with Crippen molar-refractivity contribution >= 4 is 11.0 Å². The summed E-state index contributed by atoms with van der Waals surface area (Å²) >= 11 is 0. The molecule has 0 fully saturated rings. The normalized spacial score (nSPS) is 11.7. The van der Waals surface area contributed by atoms with Crippen molar-refractivity contribution in [2.75, 3.05) is 6.61 Å². The average molecular weight is 372 g/mol. The number of ether oxygens (including phenoxy) is 2. The monoisotopic (exact) mass is 372 g/mol. The van der Waals surface area contributed by atoms with Crippen molar-refractivity contribution in [2.24, 2.45) is 0 Å². The summed E-state index contributed by atoms with van der Waals surface area (Å²) < 4.78 is 16.5. The van der Waals surface area contributed by atoms with Gasteiger partial charge in [0.05, 0.1) is 11.5 Å². The molecule has 0 atom stereocenters. The van der Waals surface area contributed by atoms with Gasteiger partial charge in [0, 0.05) is 0 Å². The lowest BCUT2D eigenvalue weighted by Crippen LogP contribution is -2.10. The molecule has 2 rings (SSSR count). The first-order valence-corrected chi connectivity index (χ1v) is 9.16. The van der Waals surface area contributed by atoms with Crippen LogP contribution in [0.5, 0.6) is 17.2 Å². The zero-order valence-electron chi connectivity index (χ0n) is 16.7. The van der Waals surface area contributed by atoms with E-state index in [0.29, 0.717) is 11.1 Å². The largest absolute Gasteiger partial charge is 0.504 e. The van der Waals surface area contributed by atoms with Crippen LogP contribution in [0.4, 0.5) is 0 Å². The molecule has 1 aromatic heterocycles. The van der Waals surface area contributed by atoms with E-state index in [4.69, 9.17) is 13.9 Å². The zero-order chi connectivity index (χ0) is 20.0. The van der Waals surface area contributed by atoms with Crippen LogP contribution in [0.2, 0.25) is 0 Å². The summed E-state index contributed by atoms with van der Waals surface area (Å²) in [6.45, 7) is 10.1. The molecule has 0 aliphatic carbocycles. The second-order valence-electron chi connectivity index (χ2n) is 7.05. The maximum absolute atomic E-state index is 12.3. The molecule has 2 aromatic rings. The van der Waals surface area contributed by atoms with Crippen molar-refractivity contribution in [3.8, 4) is 17.2 Å². The highest BCUT2D eigenvalue weighted by atomic mass is 16.5. The second kappa shape index (κ2) is 9.31. The first kappa shape index (κ1) is 20.6. The third-order valence-corrected chi connectivity index (χ3v) is 3.94. The Kier molecular flexibility index (Phi) is 7.11. The van der Waals surface area contributed by atoms with E-state index in [-0.39, 0.29) is 29.8 Å². The van der Waals surface area contributed by atoms with E-state index in [1.54, 1.807) is 18.2 Å². The molecule has 0 aliphatic heterocycles. The van der Waals surface area contributed by atoms with Crippen LogP contribution in [0.25, 0.3) is 11.0 Å². The summed E-state index contributed by atoms with van der Waals surface area (Å²) in [7, 11) is 0. The molecular weight excluding hydrogens is 344 g/mol. The van der Waals surface area contributed by atoms with Crippen molar-refractivity contribution in [1.82, 2.24) is 0 Å². The number of para-hydroxylation sites is 1. The van der Waals surface area contributed by atoms with Crippen LogP contribution >= 0.6 is 0 Å². The van der Waals surface area contributed by atoms with E-state index in [9.17, 15) is 9.90 Å². The average Bonchev–Trinajstić information content (AvgIpc) is 2.58. The summed E-state index contributed by atoms with van der Waals surface area (Å²) in [5.41, 5.74) is 1.94. The number of rotatable bonds is 8. The highest BCUT2D eigenvalue weighted by Gasteiger charge is 2.18. The molecule has 27 heavy (non-hydrogen) atoms. The molecule has 5 nitrogen and oxygen atoms in total. The van der Waals surface area contributed by atoms with Crippen LogP contribution in [0.15, 0.2) is 50.7 Å². The van der Waals surface area contributed by atoms with Gasteiger partial charge >= 0.3 is 5.63 Å². The molecule has 0 aliphatic rings. The van der Waals surface area contributed by atoms with E-state index in [0.717, 1.165) is 18.4 Å². The molecule has 0 spiro atoms. The Morgan fingerprint density at radius 3 is 2.63 bits per heavy atom. The lowest BCUT2D eigenvalue weighted by Gasteiger charge is -2.13. The molecule has 1 N–H and O–H groups in total. The van der Waals surface area contributed by atoms with Crippen LogP contribution in [0.1, 0.15) is 47.5 Å². The molecule has 0 radical (unpaired) electrons. The zero-order valence-corrected chi connectivity index (χ0v) is 16.7. The fourth-order valence-electron chi connectivity index (χ4n) is 2.60. The summed E-state index contributed by atoms with van der Waals surface area (Å²) in [6, 6.07) is 5.09. The summed E-state index contributed by atoms with van der Waals surface area (Å²) in [5, 5.41) is 10.9. The van der Waals surface area contributed by atoms with Crippen molar-refractivity contribution in [2.45, 2.75) is 53.6 Å². The molecule has 0 bridgehead atoms. The van der Waals surface area contributed by atoms with Gasteiger partial charge in [-0.1, -0.05) is 23.3 Å². The topological polar surface area (TPSA) is 68.9 Å². The van der Waals surface area contributed by atoms with Gasteiger partial charge in [0.2, 0.25) is 5.75 Å². The van der Waals surface area contributed by atoms with Crippen LogP contribution in [-0.4, -0.2) is 17.8 Å². The fourth-order valence-corrected chi connectivity index (χ4v) is 2.60. The first-order valence-electron chi connectivity index (χ1n) is 9.16. The number of benzene rings is 1. The molecule has 0 saturated heterocycles. The number of fused-ring (bicyclic) bond motifs is 1. The predicted octanol–water partition coefficient (Wildman–Crippen LogP) is 5.36. The molecule has 5 heteroatoms. The van der Waals surface area contributed by atoms with Gasteiger partial charge < -0.3 is 19.0 Å². The van der Waals surface area contributed by atoms with Gasteiger partial charge in [-0.3, -0.25) is 0 Å². The van der Waals surface area contributed by atoms with Crippen LogP contribution in [0, 0.1) is 0 Å². The maximum Gasteiger partial charge on any atom is 0.383 e. The molecule has 0 amide bonds. The fraction of sp³-hybridized carbons (Fsp3) is 0.409. The van der Waals surface area contributed by atoms with Gasteiger partial charge in [0.15, 0.2) is 17.1 Å². The van der Waals surface area contributed by atoms with Crippen molar-refractivity contribution < 1.29 is 19.0 Å². The standard InChI is InChI=1S/C22H28O5/c1-14(2)8-6-9-16(5)12-13-25-21-19(23)17-10-7-11-18(26-15(3)4)20(17)27-22(21)24/h7-8,10-12,15,23H,6,9,13H2,1-5H3/b16-12+. The maximum atomic E-state index is 12.3. The summed E-state index contributed by atoms with van der Waals surface area (Å²) in [4.78, 5) is 12.3. The number of hydrogen-bond acceptors (Lipinski definition) is 5. The number of allylic oxidation sites excluding steroid dienone is 3. The number of hydrogen-bond donors (Lipinski definition) is 1. The van der Waals surface area contributed by atoms with Crippen LogP contribution in [-0.2, 0) is 0 Å². The molecule has 146 valence electrons. The SMILES string of the molecule is CC(C)=CCC/C(C)=C/COc1c(O)c2cccc(OC(C)C)c2oc1=O. The molecule has 0 saturated carbocycles. The van der Waals surface area contributed by atoms with E-state index >= 15 is 0 Å². The minimum Gasteiger partial charge on any atom is -0.504 e. The highest BCUT2D eigenvalue weighted by molar-refractivity contribution is 5.89. The summed E-state index contributed by atoms with van der Waals surface area (Å²) in [5.74, 6) is 0.0000540. The van der Waals surface area contributed by atoms with Crippen LogP contribution in [0.3, 0.4) is 0 Å². The Bertz CT molecular complexity index is 899. The molecule has 1 heterocycles. The van der Waals surface area contributed by atoms with Gasteiger partial charge in [-0.25, -0.2) is 4.79 Å². The van der Waals surface area contributed by atoms with Crippen molar-refractivity contribution in [3.05, 3.63) is 51.9 Å². The molecule has 1 aromatic carbocycles. The Hall–Kier alpha value is -2.69. The molecule has 0 unspecified atom stereocenters. The van der Waals surface area contributed by atoms with Gasteiger partial charge in [-0.15, -0.1) is 0 Å². The smallest absolute Gasteiger partial charge is 0.383 e. The predicted molar refractivity (Wildman–Crippen MR) is 108 cm³/mol. The van der Waals surface area contributed by atoms with Gasteiger partial charge in [0.1, 0.15) is 6.61 Å². The van der Waals surface area contributed by atoms with E-state index in [2.05, 4.69) is 19.9 Å². The number of aromatic hydroxyl groups is 1. The van der Waals surface area contributed by atoms with Crippen molar-refractivity contribution in [3.63, 3.8) is 0 Å². The van der Waals surface area contributed by atoms with Gasteiger partial charge in [-0.05, 0) is 65.7 Å². The lowest BCUT2D eigenvalue weighted by atomic mass is 10.1. The second-order valence-corrected chi connectivity index (χ2v) is 7.05. The Morgan fingerprint density at radius 2 is 1.96 bits per heavy atom. The minimum absolute atomic E-state index is 0.0848. The van der Waals surface area contributed by atoms with E-state index in [1.165, 1.54) is 5.57 Å². The van der Waals surface area contributed by atoms with E-state index in [1.807, 2.05) is 26.8 Å². The van der Waals surface area contributed by atoms with Gasteiger partial charge in [-0.2, -0.15) is 0 Å². The third-order valence-electron chi connectivity index (χ3n) is 3.94. The Balaban J connectivity index is 2.20. The third kappa shape index (κ3) is 5.64. The minimum atomic E-state index is -0.726. The quantitative estimate of drug-likeness (QED) is 0.499. The Labute approximate surface area is 159 Å². The highest BCUT2D eigenvalue weighted by Crippen LogP contribution is 2.36. The van der Waals surface area contributed by atoms with Crippen molar-refractivity contribution in [1.29, 1.82) is 0 Å². The van der Waals surface area contributed by atoms with E-state index < -0.39 is 5.63 Å². The summed E-state index contributed by atoms with van der Waals surface area (Å²) in [6.07, 6.45) is 5.88. The molecular formula is C22H28O5. The van der Waals surface area contributed by atoms with Crippen LogP contribution < -0.4 is 15.1 Å².